The van der Waals surface area contributed by atoms with E-state index in [1.54, 1.807) is 23.9 Å². The Morgan fingerprint density at radius 3 is 2.70 bits per heavy atom. The van der Waals surface area contributed by atoms with Crippen LogP contribution in [0.25, 0.3) is 0 Å². The molecule has 20 heavy (non-hydrogen) atoms. The van der Waals surface area contributed by atoms with Crippen molar-refractivity contribution in [3.63, 3.8) is 0 Å². The number of amides is 2. The van der Waals surface area contributed by atoms with Gasteiger partial charge >= 0.3 is 12.0 Å². The number of hydrogen-bond donors (Lipinski definition) is 3. The molecule has 2 amide bonds. The first kappa shape index (κ1) is 15.2. The van der Waals surface area contributed by atoms with Gasteiger partial charge < -0.3 is 15.7 Å². The molecule has 1 aliphatic rings. The second-order valence-electron chi connectivity index (χ2n) is 4.69. The minimum atomic E-state index is -1.08. The van der Waals surface area contributed by atoms with E-state index in [9.17, 15) is 9.59 Å². The first-order valence-electron chi connectivity index (χ1n) is 6.09. The van der Waals surface area contributed by atoms with Gasteiger partial charge in [-0.3, -0.25) is 0 Å². The van der Waals surface area contributed by atoms with Crippen LogP contribution in [0.1, 0.15) is 23.2 Å². The molecule has 1 aromatic carbocycles. The quantitative estimate of drug-likeness (QED) is 0.755. The number of hydrogen-bond acceptors (Lipinski definition) is 3. The maximum Gasteiger partial charge on any atom is 0.337 e. The largest absolute Gasteiger partial charge is 0.478 e. The number of nitrogens with one attached hydrogen (secondary N) is 2. The second-order valence-corrected chi connectivity index (χ2v) is 6.88. The molecule has 1 aliphatic carbocycles. The van der Waals surface area contributed by atoms with Gasteiger partial charge in [0.25, 0.3) is 0 Å². The lowest BCUT2D eigenvalue weighted by Gasteiger charge is -2.14. The number of benzene rings is 1. The number of thioether (sulfide) groups is 1. The van der Waals surface area contributed by atoms with Crippen molar-refractivity contribution in [2.45, 2.75) is 17.6 Å². The first-order valence-corrected chi connectivity index (χ1v) is 8.10. The van der Waals surface area contributed by atoms with E-state index in [4.69, 9.17) is 5.11 Å². The smallest absolute Gasteiger partial charge is 0.337 e. The van der Waals surface area contributed by atoms with Crippen LogP contribution in [0, 0.1) is 0 Å². The molecule has 108 valence electrons. The Kier molecular flexibility index (Phi) is 4.59. The Balaban J connectivity index is 1.99. The molecular weight excluding hydrogens is 344 g/mol. The molecule has 0 saturated heterocycles. The third-order valence-electron chi connectivity index (χ3n) is 3.27. The maximum atomic E-state index is 11.8. The highest BCUT2D eigenvalue weighted by Gasteiger charge is 2.41. The standard InChI is InChI=1S/C13H15BrN2O3S/c1-20-13(4-5-13)7-15-12(19)16-10-3-2-8(14)6-9(10)11(17)18/h2-3,6H,4-5,7H2,1H3,(H,17,18)(H2,15,16,19). The van der Waals surface area contributed by atoms with E-state index in [2.05, 4.69) is 26.6 Å². The van der Waals surface area contributed by atoms with Crippen LogP contribution in [0.4, 0.5) is 10.5 Å². The van der Waals surface area contributed by atoms with E-state index < -0.39 is 5.97 Å². The minimum absolute atomic E-state index is 0.0560. The van der Waals surface area contributed by atoms with E-state index in [0.29, 0.717) is 11.0 Å². The lowest BCUT2D eigenvalue weighted by atomic mass is 10.2. The Morgan fingerprint density at radius 1 is 1.45 bits per heavy atom. The highest BCUT2D eigenvalue weighted by Crippen LogP contribution is 2.46. The Morgan fingerprint density at radius 2 is 2.15 bits per heavy atom. The van der Waals surface area contributed by atoms with E-state index in [1.807, 2.05) is 6.26 Å². The first-order chi connectivity index (χ1) is 9.46. The summed E-state index contributed by atoms with van der Waals surface area (Å²) in [6, 6.07) is 4.33. The average molecular weight is 359 g/mol. The van der Waals surface area contributed by atoms with Crippen molar-refractivity contribution in [2.75, 3.05) is 18.1 Å². The maximum absolute atomic E-state index is 11.8. The highest BCUT2D eigenvalue weighted by molar-refractivity contribution is 9.10. The molecule has 0 atom stereocenters. The Hall–Kier alpha value is -1.21. The fourth-order valence-corrected chi connectivity index (χ4v) is 2.89. The molecule has 0 spiro atoms. The molecule has 5 nitrogen and oxygen atoms in total. The summed E-state index contributed by atoms with van der Waals surface area (Å²) in [5.41, 5.74) is 0.340. The van der Waals surface area contributed by atoms with Crippen LogP contribution in [0.2, 0.25) is 0 Å². The van der Waals surface area contributed by atoms with Crippen molar-refractivity contribution in [2.24, 2.45) is 0 Å². The van der Waals surface area contributed by atoms with Crippen molar-refractivity contribution in [1.82, 2.24) is 5.32 Å². The fraction of sp³-hybridized carbons (Fsp3) is 0.385. The average Bonchev–Trinajstić information content (AvgIpc) is 3.19. The second kappa shape index (κ2) is 6.05. The van der Waals surface area contributed by atoms with Crippen LogP contribution in [-0.2, 0) is 0 Å². The van der Waals surface area contributed by atoms with Gasteiger partial charge in [-0.1, -0.05) is 15.9 Å². The zero-order valence-corrected chi connectivity index (χ0v) is 13.3. The molecule has 3 N–H and O–H groups in total. The molecule has 1 saturated carbocycles. The van der Waals surface area contributed by atoms with Crippen LogP contribution in [-0.4, -0.2) is 34.7 Å². The summed E-state index contributed by atoms with van der Waals surface area (Å²) >= 11 is 4.96. The number of anilines is 1. The normalized spacial score (nSPS) is 15.5. The third-order valence-corrected chi connectivity index (χ3v) is 5.18. The summed E-state index contributed by atoms with van der Waals surface area (Å²) in [7, 11) is 0. The molecule has 1 aromatic rings. The molecule has 0 bridgehead atoms. The highest BCUT2D eigenvalue weighted by atomic mass is 79.9. The molecule has 7 heteroatoms. The van der Waals surface area contributed by atoms with Gasteiger partial charge in [-0.2, -0.15) is 11.8 Å². The Bertz CT molecular complexity index is 546. The molecule has 2 rings (SSSR count). The molecule has 1 fully saturated rings. The number of rotatable bonds is 5. The zero-order chi connectivity index (χ0) is 14.8. The van der Waals surface area contributed by atoms with Gasteiger partial charge in [0.05, 0.1) is 11.3 Å². The summed E-state index contributed by atoms with van der Waals surface area (Å²) in [5, 5.41) is 14.5. The van der Waals surface area contributed by atoms with Crippen molar-refractivity contribution in [3.05, 3.63) is 28.2 Å². The predicted octanol–water partition coefficient (Wildman–Crippen LogP) is 3.16. The van der Waals surface area contributed by atoms with E-state index in [1.165, 1.54) is 6.07 Å². The summed E-state index contributed by atoms with van der Waals surface area (Å²) in [6.45, 7) is 0.596. The molecule has 0 unspecified atom stereocenters. The van der Waals surface area contributed by atoms with Gasteiger partial charge in [0.1, 0.15) is 0 Å². The van der Waals surface area contributed by atoms with Gasteiger partial charge in [0.2, 0.25) is 0 Å². The van der Waals surface area contributed by atoms with Crippen LogP contribution in [0.3, 0.4) is 0 Å². The number of carboxylic acid groups (broad SMARTS) is 1. The van der Waals surface area contributed by atoms with Gasteiger partial charge in [0, 0.05) is 15.8 Å². The zero-order valence-electron chi connectivity index (χ0n) is 10.9. The van der Waals surface area contributed by atoms with Crippen molar-refractivity contribution in [3.8, 4) is 0 Å². The lowest BCUT2D eigenvalue weighted by molar-refractivity contribution is 0.0698. The molecule has 0 aliphatic heterocycles. The fourth-order valence-electron chi connectivity index (χ4n) is 1.80. The Labute approximate surface area is 129 Å². The van der Waals surface area contributed by atoms with E-state index in [-0.39, 0.29) is 22.0 Å². The van der Waals surface area contributed by atoms with Gasteiger partial charge in [-0.05, 0) is 37.3 Å². The summed E-state index contributed by atoms with van der Waals surface area (Å²) in [5.74, 6) is -1.08. The topological polar surface area (TPSA) is 78.4 Å². The number of carbonyl (C=O) groups excluding carboxylic acids is 1. The lowest BCUT2D eigenvalue weighted by Crippen LogP contribution is -2.35. The minimum Gasteiger partial charge on any atom is -0.478 e. The predicted molar refractivity (Wildman–Crippen MR) is 83.6 cm³/mol. The van der Waals surface area contributed by atoms with Crippen molar-refractivity contribution < 1.29 is 14.7 Å². The van der Waals surface area contributed by atoms with Crippen LogP contribution >= 0.6 is 27.7 Å². The number of carboxylic acids is 1. The summed E-state index contributed by atoms with van der Waals surface area (Å²) < 4.78 is 0.826. The summed E-state index contributed by atoms with van der Waals surface area (Å²) in [6.07, 6.45) is 4.24. The third kappa shape index (κ3) is 3.67. The molecular formula is C13H15BrN2O3S. The van der Waals surface area contributed by atoms with E-state index >= 15 is 0 Å². The number of carbonyl (C=O) groups is 2. The van der Waals surface area contributed by atoms with Gasteiger partial charge in [-0.25, -0.2) is 9.59 Å². The number of aromatic carboxylic acids is 1. The van der Waals surface area contributed by atoms with Gasteiger partial charge in [0.15, 0.2) is 0 Å². The van der Waals surface area contributed by atoms with E-state index in [0.717, 1.165) is 12.8 Å². The SMILES string of the molecule is CSC1(CNC(=O)Nc2ccc(Br)cc2C(=O)O)CC1. The van der Waals surface area contributed by atoms with Crippen LogP contribution < -0.4 is 10.6 Å². The van der Waals surface area contributed by atoms with Crippen LogP contribution in [0.15, 0.2) is 22.7 Å². The van der Waals surface area contributed by atoms with Crippen molar-refractivity contribution in [1.29, 1.82) is 0 Å². The molecule has 0 radical (unpaired) electrons. The molecule has 0 aromatic heterocycles. The van der Waals surface area contributed by atoms with Gasteiger partial charge in [-0.15, -0.1) is 0 Å². The number of urea groups is 1. The monoisotopic (exact) mass is 358 g/mol. The van der Waals surface area contributed by atoms with Crippen LogP contribution in [0.5, 0.6) is 0 Å². The van der Waals surface area contributed by atoms with Crippen molar-refractivity contribution >= 4 is 45.4 Å². The molecule has 0 heterocycles. The number of halogens is 1. The summed E-state index contributed by atoms with van der Waals surface area (Å²) in [4.78, 5) is 23.0.